The molecule has 1 aromatic carbocycles. The number of amides is 1. The first-order valence-electron chi connectivity index (χ1n) is 6.00. The predicted octanol–water partition coefficient (Wildman–Crippen LogP) is 0.866. The molecule has 1 aliphatic heterocycles. The lowest BCUT2D eigenvalue weighted by atomic mass is 10.1. The van der Waals surface area contributed by atoms with Gasteiger partial charge < -0.3 is 5.32 Å². The predicted molar refractivity (Wildman–Crippen MR) is 67.2 cm³/mol. The zero-order chi connectivity index (χ0) is 12.3. The second-order valence-electron chi connectivity index (χ2n) is 4.65. The molecule has 0 spiro atoms. The molecule has 0 aromatic heterocycles. The molecule has 2 unspecified atom stereocenters. The van der Waals surface area contributed by atoms with Crippen LogP contribution in [0.25, 0.3) is 0 Å². The molecule has 0 aliphatic carbocycles. The van der Waals surface area contributed by atoms with Gasteiger partial charge in [0.2, 0.25) is 5.91 Å². The smallest absolute Gasteiger partial charge is 0.225 e. The highest BCUT2D eigenvalue weighted by Gasteiger charge is 2.21. The van der Waals surface area contributed by atoms with E-state index in [9.17, 15) is 4.79 Å². The van der Waals surface area contributed by atoms with E-state index in [1.165, 1.54) is 0 Å². The van der Waals surface area contributed by atoms with Crippen LogP contribution in [0, 0.1) is 6.92 Å². The van der Waals surface area contributed by atoms with E-state index in [-0.39, 0.29) is 12.1 Å². The standard InChI is InChI=1S/C13H19N3O/c1-9-5-3-4-6-11(9)8-13(17)14-12-7-10(2)15-16-12/h3-6,10,12,15-16H,7-8H2,1-2H3,(H,14,17). The quantitative estimate of drug-likeness (QED) is 0.726. The molecule has 0 radical (unpaired) electrons. The zero-order valence-electron chi connectivity index (χ0n) is 10.3. The number of carbonyl (C=O) groups is 1. The topological polar surface area (TPSA) is 53.2 Å². The summed E-state index contributed by atoms with van der Waals surface area (Å²) in [6.45, 7) is 4.11. The molecule has 1 aromatic rings. The van der Waals surface area contributed by atoms with E-state index in [1.807, 2.05) is 31.2 Å². The summed E-state index contributed by atoms with van der Waals surface area (Å²) in [6.07, 6.45) is 1.40. The Hall–Kier alpha value is -1.39. The summed E-state index contributed by atoms with van der Waals surface area (Å²) in [5.74, 6) is 0.0627. The summed E-state index contributed by atoms with van der Waals surface area (Å²) >= 11 is 0. The van der Waals surface area contributed by atoms with Crippen molar-refractivity contribution in [3.63, 3.8) is 0 Å². The van der Waals surface area contributed by atoms with Crippen LogP contribution in [0.2, 0.25) is 0 Å². The third kappa shape index (κ3) is 3.28. The van der Waals surface area contributed by atoms with Gasteiger partial charge in [0, 0.05) is 6.04 Å². The van der Waals surface area contributed by atoms with E-state index in [4.69, 9.17) is 0 Å². The fourth-order valence-corrected chi connectivity index (χ4v) is 2.04. The second kappa shape index (κ2) is 5.29. The van der Waals surface area contributed by atoms with Crippen LogP contribution >= 0.6 is 0 Å². The van der Waals surface area contributed by atoms with Crippen molar-refractivity contribution in [2.45, 2.75) is 38.9 Å². The summed E-state index contributed by atoms with van der Waals surface area (Å²) in [5, 5.41) is 2.97. The lowest BCUT2D eigenvalue weighted by Crippen LogP contribution is -2.44. The Morgan fingerprint density at radius 3 is 2.82 bits per heavy atom. The molecule has 0 bridgehead atoms. The number of nitrogens with one attached hydrogen (secondary N) is 3. The van der Waals surface area contributed by atoms with Gasteiger partial charge in [0.05, 0.1) is 12.6 Å². The van der Waals surface area contributed by atoms with Crippen molar-refractivity contribution < 1.29 is 4.79 Å². The summed E-state index contributed by atoms with van der Waals surface area (Å²) in [5.41, 5.74) is 8.39. The monoisotopic (exact) mass is 233 g/mol. The Kier molecular flexibility index (Phi) is 3.76. The van der Waals surface area contributed by atoms with Crippen LogP contribution in [0.3, 0.4) is 0 Å². The van der Waals surface area contributed by atoms with Gasteiger partial charge in [-0.2, -0.15) is 0 Å². The Labute approximate surface area is 102 Å². The number of carbonyl (C=O) groups excluding carboxylic acids is 1. The fraction of sp³-hybridized carbons (Fsp3) is 0.462. The molecule has 92 valence electrons. The van der Waals surface area contributed by atoms with Gasteiger partial charge >= 0.3 is 0 Å². The lowest BCUT2D eigenvalue weighted by Gasteiger charge is -2.12. The second-order valence-corrected chi connectivity index (χ2v) is 4.65. The minimum atomic E-state index is 0.0431. The molecular weight excluding hydrogens is 214 g/mol. The fourth-order valence-electron chi connectivity index (χ4n) is 2.04. The molecule has 1 heterocycles. The molecule has 0 saturated carbocycles. The summed E-state index contributed by atoms with van der Waals surface area (Å²) in [4.78, 5) is 11.8. The largest absolute Gasteiger partial charge is 0.339 e. The molecule has 17 heavy (non-hydrogen) atoms. The van der Waals surface area contributed by atoms with Gasteiger partial charge in [0.15, 0.2) is 0 Å². The molecule has 1 aliphatic rings. The molecule has 2 rings (SSSR count). The molecule has 2 atom stereocenters. The molecule has 1 saturated heterocycles. The summed E-state index contributed by atoms with van der Waals surface area (Å²) in [6, 6.07) is 8.38. The van der Waals surface area contributed by atoms with E-state index in [0.717, 1.165) is 17.5 Å². The SMILES string of the molecule is Cc1ccccc1CC(=O)NC1CC(C)NN1. The van der Waals surface area contributed by atoms with E-state index < -0.39 is 0 Å². The van der Waals surface area contributed by atoms with Crippen molar-refractivity contribution in [1.82, 2.24) is 16.2 Å². The van der Waals surface area contributed by atoms with Gasteiger partial charge in [-0.25, -0.2) is 5.43 Å². The number of benzene rings is 1. The minimum Gasteiger partial charge on any atom is -0.339 e. The third-order valence-electron chi connectivity index (χ3n) is 3.04. The van der Waals surface area contributed by atoms with E-state index >= 15 is 0 Å². The average Bonchev–Trinajstić information content (AvgIpc) is 2.67. The Morgan fingerprint density at radius 1 is 1.41 bits per heavy atom. The first-order chi connectivity index (χ1) is 8.15. The highest BCUT2D eigenvalue weighted by molar-refractivity contribution is 5.79. The van der Waals surface area contributed by atoms with Crippen molar-refractivity contribution in [2.75, 3.05) is 0 Å². The van der Waals surface area contributed by atoms with E-state index in [0.29, 0.717) is 12.5 Å². The van der Waals surface area contributed by atoms with Gasteiger partial charge in [-0.15, -0.1) is 0 Å². The summed E-state index contributed by atoms with van der Waals surface area (Å²) in [7, 11) is 0. The van der Waals surface area contributed by atoms with Crippen molar-refractivity contribution in [3.05, 3.63) is 35.4 Å². The maximum atomic E-state index is 11.8. The van der Waals surface area contributed by atoms with Crippen molar-refractivity contribution >= 4 is 5.91 Å². The van der Waals surface area contributed by atoms with Crippen molar-refractivity contribution in [3.8, 4) is 0 Å². The molecule has 4 heteroatoms. The Balaban J connectivity index is 1.87. The number of rotatable bonds is 3. The normalized spacial score (nSPS) is 23.6. The number of aryl methyl sites for hydroxylation is 1. The Morgan fingerprint density at radius 2 is 2.18 bits per heavy atom. The highest BCUT2D eigenvalue weighted by Crippen LogP contribution is 2.08. The first-order valence-corrected chi connectivity index (χ1v) is 6.00. The zero-order valence-corrected chi connectivity index (χ0v) is 10.3. The van der Waals surface area contributed by atoms with Gasteiger partial charge in [0.25, 0.3) is 0 Å². The lowest BCUT2D eigenvalue weighted by molar-refractivity contribution is -0.121. The number of hydrogen-bond donors (Lipinski definition) is 3. The number of hydrazine groups is 1. The van der Waals surface area contributed by atoms with E-state index in [1.54, 1.807) is 0 Å². The van der Waals surface area contributed by atoms with Crippen LogP contribution in [0.5, 0.6) is 0 Å². The molecule has 4 nitrogen and oxygen atoms in total. The van der Waals surface area contributed by atoms with Crippen LogP contribution in [-0.2, 0) is 11.2 Å². The molecular formula is C13H19N3O. The van der Waals surface area contributed by atoms with Crippen LogP contribution in [0.15, 0.2) is 24.3 Å². The highest BCUT2D eigenvalue weighted by atomic mass is 16.1. The van der Waals surface area contributed by atoms with Crippen molar-refractivity contribution in [2.24, 2.45) is 0 Å². The van der Waals surface area contributed by atoms with Crippen LogP contribution < -0.4 is 16.2 Å². The average molecular weight is 233 g/mol. The van der Waals surface area contributed by atoms with Crippen LogP contribution in [-0.4, -0.2) is 18.1 Å². The third-order valence-corrected chi connectivity index (χ3v) is 3.04. The van der Waals surface area contributed by atoms with Gasteiger partial charge in [-0.1, -0.05) is 24.3 Å². The van der Waals surface area contributed by atoms with Gasteiger partial charge in [-0.05, 0) is 31.4 Å². The first kappa shape index (κ1) is 12.1. The minimum absolute atomic E-state index is 0.0431. The molecule has 1 fully saturated rings. The molecule has 3 N–H and O–H groups in total. The van der Waals surface area contributed by atoms with Gasteiger partial charge in [-0.3, -0.25) is 10.2 Å². The van der Waals surface area contributed by atoms with Gasteiger partial charge in [0.1, 0.15) is 0 Å². The number of hydrogen-bond acceptors (Lipinski definition) is 3. The maximum Gasteiger partial charge on any atom is 0.225 e. The summed E-state index contributed by atoms with van der Waals surface area (Å²) < 4.78 is 0. The van der Waals surface area contributed by atoms with Crippen LogP contribution in [0.4, 0.5) is 0 Å². The Bertz CT molecular complexity index is 405. The maximum absolute atomic E-state index is 11.8. The van der Waals surface area contributed by atoms with E-state index in [2.05, 4.69) is 23.1 Å². The van der Waals surface area contributed by atoms with Crippen LogP contribution in [0.1, 0.15) is 24.5 Å². The van der Waals surface area contributed by atoms with Crippen molar-refractivity contribution in [1.29, 1.82) is 0 Å². The molecule has 1 amide bonds.